The Bertz CT molecular complexity index is 585. The molecule has 2 heterocycles. The zero-order chi connectivity index (χ0) is 14.8. The Hall–Kier alpha value is -1.66. The fourth-order valence-electron chi connectivity index (χ4n) is 2.92. The number of nitrogens with zero attached hydrogens (tertiary/aromatic N) is 2. The summed E-state index contributed by atoms with van der Waals surface area (Å²) in [6, 6.07) is 11.6. The number of benzene rings is 1. The van der Waals surface area contributed by atoms with Crippen molar-refractivity contribution in [1.82, 2.24) is 9.47 Å². The van der Waals surface area contributed by atoms with E-state index in [2.05, 4.69) is 6.07 Å². The molecule has 0 aliphatic carbocycles. The minimum atomic E-state index is -0.886. The molecule has 1 aliphatic rings. The average Bonchev–Trinajstić information content (AvgIpc) is 3.09. The maximum absolute atomic E-state index is 9.85. The predicted molar refractivity (Wildman–Crippen MR) is 79.1 cm³/mol. The molecule has 1 aromatic carbocycles. The first-order valence-electron chi connectivity index (χ1n) is 7.12. The van der Waals surface area contributed by atoms with Crippen LogP contribution in [-0.2, 0) is 6.54 Å². The van der Waals surface area contributed by atoms with Gasteiger partial charge >= 0.3 is 0 Å². The molecule has 1 aromatic heterocycles. The van der Waals surface area contributed by atoms with Gasteiger partial charge in [-0.3, -0.25) is 4.90 Å². The summed E-state index contributed by atoms with van der Waals surface area (Å²) in [6.07, 6.45) is 2.29. The van der Waals surface area contributed by atoms with Crippen LogP contribution in [0.15, 0.2) is 48.8 Å². The van der Waals surface area contributed by atoms with Crippen LogP contribution in [-0.4, -0.2) is 56.2 Å². The lowest BCUT2D eigenvalue weighted by molar-refractivity contribution is 0.0210. The lowest BCUT2D eigenvalue weighted by atomic mass is 10.1. The van der Waals surface area contributed by atoms with E-state index in [9.17, 15) is 15.3 Å². The Balaban J connectivity index is 1.78. The van der Waals surface area contributed by atoms with Crippen LogP contribution in [0.2, 0.25) is 0 Å². The zero-order valence-electron chi connectivity index (χ0n) is 11.7. The van der Waals surface area contributed by atoms with Gasteiger partial charge in [-0.05, 0) is 29.8 Å². The fourth-order valence-corrected chi connectivity index (χ4v) is 2.92. The number of hydrogen-bond donors (Lipinski definition) is 3. The van der Waals surface area contributed by atoms with E-state index >= 15 is 0 Å². The van der Waals surface area contributed by atoms with Gasteiger partial charge in [0.25, 0.3) is 0 Å². The number of aliphatic hydroxyl groups excluding tert-OH is 3. The van der Waals surface area contributed by atoms with Crippen LogP contribution in [0.4, 0.5) is 0 Å². The van der Waals surface area contributed by atoms with Crippen LogP contribution >= 0.6 is 0 Å². The molecular formula is C16H20N2O3. The highest BCUT2D eigenvalue weighted by Gasteiger charge is 2.39. The molecule has 3 atom stereocenters. The normalized spacial score (nSPS) is 26.3. The molecule has 0 radical (unpaired) electrons. The lowest BCUT2D eigenvalue weighted by Crippen LogP contribution is -2.38. The van der Waals surface area contributed by atoms with Gasteiger partial charge in [0.05, 0.1) is 24.9 Å². The van der Waals surface area contributed by atoms with Gasteiger partial charge < -0.3 is 19.9 Å². The minimum absolute atomic E-state index is 0.157. The first kappa shape index (κ1) is 14.3. The highest BCUT2D eigenvalue weighted by atomic mass is 16.3. The maximum atomic E-state index is 9.85. The first-order chi connectivity index (χ1) is 10.2. The largest absolute Gasteiger partial charge is 0.395 e. The molecule has 1 aliphatic heterocycles. The molecule has 1 fully saturated rings. The quantitative estimate of drug-likeness (QED) is 0.760. The van der Waals surface area contributed by atoms with Crippen LogP contribution in [0, 0.1) is 0 Å². The molecule has 5 heteroatoms. The van der Waals surface area contributed by atoms with E-state index < -0.39 is 18.2 Å². The number of hydrogen-bond acceptors (Lipinski definition) is 4. The minimum Gasteiger partial charge on any atom is -0.395 e. The van der Waals surface area contributed by atoms with Crippen LogP contribution in [0.1, 0.15) is 5.56 Å². The number of likely N-dealkylation sites (tertiary alicyclic amines) is 1. The number of aliphatic hydroxyl groups is 3. The summed E-state index contributed by atoms with van der Waals surface area (Å²) in [5.74, 6) is 0. The van der Waals surface area contributed by atoms with Gasteiger partial charge in [-0.15, -0.1) is 0 Å². The summed E-state index contributed by atoms with van der Waals surface area (Å²) in [4.78, 5) is 1.92. The van der Waals surface area contributed by atoms with Crippen LogP contribution in [0.5, 0.6) is 0 Å². The molecule has 2 aromatic rings. The van der Waals surface area contributed by atoms with Crippen molar-refractivity contribution in [3.63, 3.8) is 0 Å². The molecule has 21 heavy (non-hydrogen) atoms. The second-order valence-corrected chi connectivity index (χ2v) is 5.50. The van der Waals surface area contributed by atoms with Gasteiger partial charge in [-0.2, -0.15) is 0 Å². The summed E-state index contributed by atoms with van der Waals surface area (Å²) < 4.78 is 2.03. The van der Waals surface area contributed by atoms with Crippen molar-refractivity contribution in [1.29, 1.82) is 0 Å². The fraction of sp³-hybridized carbons (Fsp3) is 0.375. The maximum Gasteiger partial charge on any atom is 0.0988 e. The van der Waals surface area contributed by atoms with Gasteiger partial charge in [0, 0.05) is 31.2 Å². The van der Waals surface area contributed by atoms with Crippen molar-refractivity contribution >= 4 is 0 Å². The second-order valence-electron chi connectivity index (χ2n) is 5.50. The van der Waals surface area contributed by atoms with Crippen LogP contribution < -0.4 is 0 Å². The molecule has 5 nitrogen and oxygen atoms in total. The van der Waals surface area contributed by atoms with E-state index in [0.29, 0.717) is 13.1 Å². The van der Waals surface area contributed by atoms with Gasteiger partial charge in [-0.1, -0.05) is 12.1 Å². The molecule has 0 spiro atoms. The summed E-state index contributed by atoms with van der Waals surface area (Å²) in [5, 5.41) is 29.0. The summed E-state index contributed by atoms with van der Waals surface area (Å²) in [7, 11) is 0. The number of aromatic nitrogens is 1. The molecule has 112 valence electrons. The Labute approximate surface area is 123 Å². The smallest absolute Gasteiger partial charge is 0.0988 e. The van der Waals surface area contributed by atoms with Gasteiger partial charge in [0.2, 0.25) is 0 Å². The Kier molecular flexibility index (Phi) is 4.07. The van der Waals surface area contributed by atoms with Crippen LogP contribution in [0.3, 0.4) is 0 Å². The van der Waals surface area contributed by atoms with Crippen molar-refractivity contribution in [2.75, 3.05) is 13.2 Å². The first-order valence-corrected chi connectivity index (χ1v) is 7.12. The van der Waals surface area contributed by atoms with E-state index in [4.69, 9.17) is 0 Å². The van der Waals surface area contributed by atoms with Gasteiger partial charge in [-0.25, -0.2) is 0 Å². The number of β-amino-alcohol motifs (C(OH)–C–C–N with tert-alkyl or cyclic N) is 1. The molecule has 0 bridgehead atoms. The molecule has 3 N–H and O–H groups in total. The monoisotopic (exact) mass is 288 g/mol. The standard InChI is InChI=1S/C16H20N2O3/c19-11-14-16(21)15(20)10-18(14)9-12-4-3-5-13(8-12)17-6-1-2-7-17/h1-8,14-16,19-21H,9-11H2/t14-,15+,16-/m1/s1. The van der Waals surface area contributed by atoms with Gasteiger partial charge in [0.1, 0.15) is 0 Å². The van der Waals surface area contributed by atoms with Gasteiger partial charge in [0.15, 0.2) is 0 Å². The molecule has 3 rings (SSSR count). The Morgan fingerprint density at radius 2 is 1.86 bits per heavy atom. The van der Waals surface area contributed by atoms with E-state index in [-0.39, 0.29) is 6.61 Å². The highest BCUT2D eigenvalue weighted by molar-refractivity contribution is 5.36. The Morgan fingerprint density at radius 1 is 1.10 bits per heavy atom. The zero-order valence-corrected chi connectivity index (χ0v) is 11.7. The van der Waals surface area contributed by atoms with E-state index in [0.717, 1.165) is 11.3 Å². The number of rotatable bonds is 4. The summed E-state index contributed by atoms with van der Waals surface area (Å²) in [6.45, 7) is 0.810. The van der Waals surface area contributed by atoms with Crippen molar-refractivity contribution < 1.29 is 15.3 Å². The summed E-state index contributed by atoms with van der Waals surface area (Å²) >= 11 is 0. The topological polar surface area (TPSA) is 68.9 Å². The molecule has 0 amide bonds. The molecule has 0 unspecified atom stereocenters. The van der Waals surface area contributed by atoms with Crippen molar-refractivity contribution in [2.24, 2.45) is 0 Å². The van der Waals surface area contributed by atoms with E-state index in [1.165, 1.54) is 0 Å². The van der Waals surface area contributed by atoms with Crippen molar-refractivity contribution in [3.8, 4) is 5.69 Å². The van der Waals surface area contributed by atoms with E-state index in [1.54, 1.807) is 0 Å². The second kappa shape index (κ2) is 5.99. The van der Waals surface area contributed by atoms with E-state index in [1.807, 2.05) is 52.2 Å². The molecule has 0 saturated carbocycles. The van der Waals surface area contributed by atoms with Crippen molar-refractivity contribution in [2.45, 2.75) is 24.8 Å². The third kappa shape index (κ3) is 2.87. The predicted octanol–water partition coefficient (Wildman–Crippen LogP) is 0.376. The third-order valence-electron chi connectivity index (χ3n) is 4.06. The molecule has 1 saturated heterocycles. The lowest BCUT2D eigenvalue weighted by Gasteiger charge is -2.24. The third-order valence-corrected chi connectivity index (χ3v) is 4.06. The summed E-state index contributed by atoms with van der Waals surface area (Å²) in [5.41, 5.74) is 2.15. The average molecular weight is 288 g/mol. The Morgan fingerprint density at radius 3 is 2.57 bits per heavy atom. The highest BCUT2D eigenvalue weighted by Crippen LogP contribution is 2.22. The molecular weight excluding hydrogens is 268 g/mol. The van der Waals surface area contributed by atoms with Crippen molar-refractivity contribution in [3.05, 3.63) is 54.4 Å². The SMILES string of the molecule is OC[C@@H]1[C@@H](O)[C@@H](O)CN1Cc1cccc(-n2cccc2)c1. The van der Waals surface area contributed by atoms with Crippen LogP contribution in [0.25, 0.3) is 5.69 Å².